The Bertz CT molecular complexity index is 161. The maximum absolute atomic E-state index is 10.9. The first-order valence-corrected chi connectivity index (χ1v) is 3.80. The molecule has 0 heterocycles. The number of Topliss-reactive ketones (excluding diaryl/α,β-unsaturated/α-hetero) is 1. The summed E-state index contributed by atoms with van der Waals surface area (Å²) in [5.41, 5.74) is 0.506. The molecule has 0 aliphatic carbocycles. The van der Waals surface area contributed by atoms with Gasteiger partial charge in [0.2, 0.25) is 0 Å². The van der Waals surface area contributed by atoms with Crippen LogP contribution in [0.25, 0.3) is 0 Å². The van der Waals surface area contributed by atoms with Crippen molar-refractivity contribution in [1.29, 1.82) is 0 Å². The smallest absolute Gasteiger partial charge is 0.177 e. The molecule has 0 aromatic rings. The Balaban J connectivity index is 4.21. The molecule has 0 spiro atoms. The van der Waals surface area contributed by atoms with E-state index in [-0.39, 0.29) is 11.7 Å². The summed E-state index contributed by atoms with van der Waals surface area (Å²) in [5, 5.41) is 3.71. The standard InChI is InChI=1S/C8H15NO2/c1-5-11-9-8(6(2)3)7(4)10/h6H,5H2,1-4H3/b9-8+. The van der Waals surface area contributed by atoms with Gasteiger partial charge in [-0.25, -0.2) is 0 Å². The highest BCUT2D eigenvalue weighted by molar-refractivity contribution is 6.39. The quantitative estimate of drug-likeness (QED) is 0.459. The third-order valence-corrected chi connectivity index (χ3v) is 1.20. The summed E-state index contributed by atoms with van der Waals surface area (Å²) >= 11 is 0. The fourth-order valence-electron chi connectivity index (χ4n) is 0.710. The Morgan fingerprint density at radius 2 is 2.09 bits per heavy atom. The minimum Gasteiger partial charge on any atom is -0.396 e. The van der Waals surface area contributed by atoms with Crippen LogP contribution in [0.3, 0.4) is 0 Å². The van der Waals surface area contributed by atoms with E-state index in [0.717, 1.165) is 0 Å². The summed E-state index contributed by atoms with van der Waals surface area (Å²) in [6.45, 7) is 7.67. The molecule has 0 aliphatic rings. The molecule has 0 saturated carbocycles. The van der Waals surface area contributed by atoms with E-state index in [1.54, 1.807) is 0 Å². The maximum atomic E-state index is 10.9. The lowest BCUT2D eigenvalue weighted by atomic mass is 10.1. The number of hydrogen-bond acceptors (Lipinski definition) is 3. The highest BCUT2D eigenvalue weighted by atomic mass is 16.6. The SMILES string of the molecule is CCO/N=C(/C(C)=O)C(C)C. The van der Waals surface area contributed by atoms with Crippen LogP contribution in [0, 0.1) is 5.92 Å². The second-order valence-corrected chi connectivity index (χ2v) is 2.61. The zero-order chi connectivity index (χ0) is 8.85. The average Bonchev–Trinajstić information content (AvgIpc) is 1.87. The molecular formula is C8H15NO2. The van der Waals surface area contributed by atoms with Gasteiger partial charge in [-0.1, -0.05) is 19.0 Å². The van der Waals surface area contributed by atoms with Crippen molar-refractivity contribution in [1.82, 2.24) is 0 Å². The molecule has 3 nitrogen and oxygen atoms in total. The normalized spacial score (nSPS) is 11.9. The summed E-state index contributed by atoms with van der Waals surface area (Å²) in [6.07, 6.45) is 0. The fourth-order valence-corrected chi connectivity index (χ4v) is 0.710. The lowest BCUT2D eigenvalue weighted by Gasteiger charge is -2.04. The van der Waals surface area contributed by atoms with E-state index in [4.69, 9.17) is 4.84 Å². The largest absolute Gasteiger partial charge is 0.396 e. The van der Waals surface area contributed by atoms with Gasteiger partial charge in [-0.15, -0.1) is 0 Å². The minimum atomic E-state index is -0.0200. The van der Waals surface area contributed by atoms with Crippen LogP contribution < -0.4 is 0 Å². The highest BCUT2D eigenvalue weighted by Gasteiger charge is 2.10. The van der Waals surface area contributed by atoms with Gasteiger partial charge in [0.25, 0.3) is 0 Å². The molecule has 64 valence electrons. The van der Waals surface area contributed by atoms with Crippen molar-refractivity contribution < 1.29 is 9.63 Å². The molecule has 0 atom stereocenters. The monoisotopic (exact) mass is 157 g/mol. The molecule has 11 heavy (non-hydrogen) atoms. The molecule has 0 saturated heterocycles. The third-order valence-electron chi connectivity index (χ3n) is 1.20. The molecule has 0 rings (SSSR count). The predicted molar refractivity (Wildman–Crippen MR) is 44.6 cm³/mol. The van der Waals surface area contributed by atoms with Gasteiger partial charge in [0.1, 0.15) is 12.3 Å². The second-order valence-electron chi connectivity index (χ2n) is 2.61. The second kappa shape index (κ2) is 4.88. The van der Waals surface area contributed by atoms with Crippen LogP contribution in [-0.4, -0.2) is 18.1 Å². The molecule has 0 N–H and O–H groups in total. The predicted octanol–water partition coefficient (Wildman–Crippen LogP) is 1.62. The number of ketones is 1. The molecule has 0 unspecified atom stereocenters. The summed E-state index contributed by atoms with van der Waals surface area (Å²) in [5.74, 6) is 0.118. The lowest BCUT2D eigenvalue weighted by molar-refractivity contribution is -0.111. The van der Waals surface area contributed by atoms with Crippen LogP contribution in [0.1, 0.15) is 27.7 Å². The molecule has 0 aliphatic heterocycles. The van der Waals surface area contributed by atoms with Crippen molar-refractivity contribution in [2.75, 3.05) is 6.61 Å². The summed E-state index contributed by atoms with van der Waals surface area (Å²) in [6, 6.07) is 0. The summed E-state index contributed by atoms with van der Waals surface area (Å²) in [4.78, 5) is 15.7. The van der Waals surface area contributed by atoms with E-state index in [1.807, 2.05) is 20.8 Å². The maximum Gasteiger partial charge on any atom is 0.177 e. The van der Waals surface area contributed by atoms with E-state index in [9.17, 15) is 4.79 Å². The fraction of sp³-hybridized carbons (Fsp3) is 0.750. The zero-order valence-corrected chi connectivity index (χ0v) is 7.55. The first-order chi connectivity index (χ1) is 5.09. The van der Waals surface area contributed by atoms with Gasteiger partial charge in [-0.2, -0.15) is 0 Å². The van der Waals surface area contributed by atoms with Crippen molar-refractivity contribution in [3.05, 3.63) is 0 Å². The molecule has 0 aromatic heterocycles. The van der Waals surface area contributed by atoms with Crippen molar-refractivity contribution in [3.8, 4) is 0 Å². The molecule has 3 heteroatoms. The molecule has 0 fully saturated rings. The van der Waals surface area contributed by atoms with Crippen molar-refractivity contribution >= 4 is 11.5 Å². The van der Waals surface area contributed by atoms with Crippen LogP contribution in [0.5, 0.6) is 0 Å². The number of hydrogen-bond donors (Lipinski definition) is 0. The van der Waals surface area contributed by atoms with Crippen LogP contribution in [0.15, 0.2) is 5.16 Å². The highest BCUT2D eigenvalue weighted by Crippen LogP contribution is 1.98. The van der Waals surface area contributed by atoms with E-state index >= 15 is 0 Å². The van der Waals surface area contributed by atoms with Crippen molar-refractivity contribution in [2.45, 2.75) is 27.7 Å². The van der Waals surface area contributed by atoms with E-state index in [0.29, 0.717) is 12.3 Å². The van der Waals surface area contributed by atoms with Crippen LogP contribution in [0.4, 0.5) is 0 Å². The first kappa shape index (κ1) is 10.1. The number of rotatable bonds is 4. The van der Waals surface area contributed by atoms with Gasteiger partial charge in [-0.3, -0.25) is 4.79 Å². The number of nitrogens with zero attached hydrogens (tertiary/aromatic N) is 1. The Kier molecular flexibility index (Phi) is 4.50. The van der Waals surface area contributed by atoms with Gasteiger partial charge in [-0.05, 0) is 6.92 Å². The average molecular weight is 157 g/mol. The van der Waals surface area contributed by atoms with Gasteiger partial charge < -0.3 is 4.84 Å². The van der Waals surface area contributed by atoms with E-state index in [1.165, 1.54) is 6.92 Å². The topological polar surface area (TPSA) is 38.7 Å². The molecule has 0 aromatic carbocycles. The third kappa shape index (κ3) is 3.75. The van der Waals surface area contributed by atoms with Gasteiger partial charge in [0, 0.05) is 12.8 Å². The zero-order valence-electron chi connectivity index (χ0n) is 7.55. The number of carbonyl (C=O) groups is 1. The van der Waals surface area contributed by atoms with Crippen LogP contribution >= 0.6 is 0 Å². The Morgan fingerprint density at radius 1 is 1.55 bits per heavy atom. The van der Waals surface area contributed by atoms with Gasteiger partial charge >= 0.3 is 0 Å². The lowest BCUT2D eigenvalue weighted by Crippen LogP contribution is -2.17. The van der Waals surface area contributed by atoms with Crippen molar-refractivity contribution in [3.63, 3.8) is 0 Å². The van der Waals surface area contributed by atoms with Gasteiger partial charge in [0.05, 0.1) is 0 Å². The molecular weight excluding hydrogens is 142 g/mol. The molecule has 0 amide bonds. The number of oxime groups is 1. The van der Waals surface area contributed by atoms with E-state index < -0.39 is 0 Å². The Hall–Kier alpha value is -0.860. The van der Waals surface area contributed by atoms with Crippen LogP contribution in [0.2, 0.25) is 0 Å². The molecule has 0 bridgehead atoms. The minimum absolute atomic E-state index is 0.0200. The Morgan fingerprint density at radius 3 is 2.36 bits per heavy atom. The van der Waals surface area contributed by atoms with Gasteiger partial charge in [0.15, 0.2) is 5.78 Å². The van der Waals surface area contributed by atoms with E-state index in [2.05, 4.69) is 5.16 Å². The van der Waals surface area contributed by atoms with Crippen LogP contribution in [-0.2, 0) is 9.63 Å². The van der Waals surface area contributed by atoms with Crippen molar-refractivity contribution in [2.24, 2.45) is 11.1 Å². The number of carbonyl (C=O) groups excluding carboxylic acids is 1. The summed E-state index contributed by atoms with van der Waals surface area (Å²) in [7, 11) is 0. The Labute approximate surface area is 67.4 Å². The summed E-state index contributed by atoms with van der Waals surface area (Å²) < 4.78 is 0. The first-order valence-electron chi connectivity index (χ1n) is 3.80. The molecule has 0 radical (unpaired) electrons.